The van der Waals surface area contributed by atoms with Crippen LogP contribution in [0.4, 0.5) is 0 Å². The number of carbonyl (C=O) groups is 3. The Labute approximate surface area is 407 Å². The van der Waals surface area contributed by atoms with Crippen LogP contribution in [0, 0.1) is 0 Å². The van der Waals surface area contributed by atoms with Crippen LogP contribution >= 0.6 is 0 Å². The van der Waals surface area contributed by atoms with Gasteiger partial charge in [-0.3, -0.25) is 14.4 Å². The second-order valence-corrected chi connectivity index (χ2v) is 18.2. The van der Waals surface area contributed by atoms with Crippen molar-refractivity contribution in [2.75, 3.05) is 13.2 Å². The van der Waals surface area contributed by atoms with Gasteiger partial charge in [0.25, 0.3) is 0 Å². The predicted octanol–water partition coefficient (Wildman–Crippen LogP) is 18.4. The van der Waals surface area contributed by atoms with Crippen LogP contribution in [-0.2, 0) is 28.6 Å². The fraction of sp³-hybridized carbons (Fsp3) is 0.717. The summed E-state index contributed by atoms with van der Waals surface area (Å²) in [7, 11) is 0. The Kier molecular flexibility index (Phi) is 51.4. The van der Waals surface area contributed by atoms with Crippen molar-refractivity contribution in [2.45, 2.75) is 264 Å². The molecule has 66 heavy (non-hydrogen) atoms. The summed E-state index contributed by atoms with van der Waals surface area (Å²) in [5.74, 6) is -0.935. The van der Waals surface area contributed by atoms with Gasteiger partial charge in [-0.2, -0.15) is 0 Å². The molecule has 0 aliphatic heterocycles. The normalized spacial score (nSPS) is 12.7. The van der Waals surface area contributed by atoms with Gasteiger partial charge in [0.1, 0.15) is 13.2 Å². The Balaban J connectivity index is 4.44. The van der Waals surface area contributed by atoms with Gasteiger partial charge in [-0.05, 0) is 96.3 Å². The first-order valence-electron chi connectivity index (χ1n) is 27.6. The van der Waals surface area contributed by atoms with Gasteiger partial charge in [0.2, 0.25) is 0 Å². The van der Waals surface area contributed by atoms with Gasteiger partial charge in [-0.1, -0.05) is 228 Å². The van der Waals surface area contributed by atoms with Crippen LogP contribution in [0.1, 0.15) is 258 Å². The quantitative estimate of drug-likeness (QED) is 0.0199. The maximum atomic E-state index is 12.8. The molecule has 0 N–H and O–H groups in total. The summed E-state index contributed by atoms with van der Waals surface area (Å²) in [6.07, 6.45) is 69.9. The first-order valence-corrected chi connectivity index (χ1v) is 27.6. The highest BCUT2D eigenvalue weighted by atomic mass is 16.6. The highest BCUT2D eigenvalue weighted by Gasteiger charge is 2.19. The molecule has 0 rings (SSSR count). The second kappa shape index (κ2) is 54.2. The van der Waals surface area contributed by atoms with Crippen LogP contribution in [0.5, 0.6) is 0 Å². The van der Waals surface area contributed by atoms with Crippen molar-refractivity contribution >= 4 is 17.9 Å². The molecule has 378 valence electrons. The molecule has 6 nitrogen and oxygen atoms in total. The first-order chi connectivity index (χ1) is 32.5. The van der Waals surface area contributed by atoms with Crippen molar-refractivity contribution in [2.24, 2.45) is 0 Å². The van der Waals surface area contributed by atoms with E-state index in [2.05, 4.69) is 106 Å². The molecule has 0 aliphatic carbocycles. The van der Waals surface area contributed by atoms with E-state index in [1.807, 2.05) is 0 Å². The molecule has 0 aromatic rings. The van der Waals surface area contributed by atoms with E-state index in [4.69, 9.17) is 14.2 Å². The molecule has 0 aliphatic rings. The molecule has 0 fully saturated rings. The van der Waals surface area contributed by atoms with Crippen molar-refractivity contribution in [1.29, 1.82) is 0 Å². The number of carbonyl (C=O) groups excluding carboxylic acids is 3. The molecule has 0 saturated carbocycles. The molecule has 0 aromatic carbocycles. The lowest BCUT2D eigenvalue weighted by Gasteiger charge is -2.18. The largest absolute Gasteiger partial charge is 0.462 e. The predicted molar refractivity (Wildman–Crippen MR) is 284 cm³/mol. The number of allylic oxidation sites excluding steroid dienone is 14. The third-order valence-corrected chi connectivity index (χ3v) is 11.7. The topological polar surface area (TPSA) is 78.9 Å². The van der Waals surface area contributed by atoms with E-state index in [1.165, 1.54) is 103 Å². The molecule has 0 bridgehead atoms. The molecular formula is C60H102O6. The summed E-state index contributed by atoms with van der Waals surface area (Å²) in [6.45, 7) is 6.44. The summed E-state index contributed by atoms with van der Waals surface area (Å²) in [5.41, 5.74) is 0. The van der Waals surface area contributed by atoms with Crippen molar-refractivity contribution in [3.8, 4) is 0 Å². The lowest BCUT2D eigenvalue weighted by Crippen LogP contribution is -2.30. The average Bonchev–Trinajstić information content (AvgIpc) is 3.31. The SMILES string of the molecule is CC/C=C/C=C/C=C/CCCCCCCC(=O)OCC(COC(=O)CCCCCCC/C=C/C=C/CCCCCCCCC)OC(=O)CCCCCCCCC/C=C/C/C=C/CCCCC. The Morgan fingerprint density at radius 1 is 0.333 bits per heavy atom. The number of ether oxygens (including phenoxy) is 3. The number of unbranched alkanes of at least 4 members (excludes halogenated alkanes) is 27. The average molecular weight is 919 g/mol. The van der Waals surface area contributed by atoms with E-state index in [-0.39, 0.29) is 31.1 Å². The van der Waals surface area contributed by atoms with Gasteiger partial charge in [0, 0.05) is 19.3 Å². The fourth-order valence-corrected chi connectivity index (χ4v) is 7.52. The Bertz CT molecular complexity index is 1290. The fourth-order valence-electron chi connectivity index (χ4n) is 7.52. The van der Waals surface area contributed by atoms with Gasteiger partial charge in [0.15, 0.2) is 6.10 Å². The molecule has 1 atom stereocenters. The molecule has 0 radical (unpaired) electrons. The molecule has 6 heteroatoms. The van der Waals surface area contributed by atoms with Crippen LogP contribution in [0.25, 0.3) is 0 Å². The van der Waals surface area contributed by atoms with E-state index in [0.717, 1.165) is 116 Å². The van der Waals surface area contributed by atoms with Crippen molar-refractivity contribution in [1.82, 2.24) is 0 Å². The van der Waals surface area contributed by atoms with E-state index >= 15 is 0 Å². The monoisotopic (exact) mass is 919 g/mol. The van der Waals surface area contributed by atoms with E-state index in [0.29, 0.717) is 19.3 Å². The van der Waals surface area contributed by atoms with Crippen LogP contribution < -0.4 is 0 Å². The van der Waals surface area contributed by atoms with Crippen LogP contribution in [0.3, 0.4) is 0 Å². The second-order valence-electron chi connectivity index (χ2n) is 18.2. The molecular weight excluding hydrogens is 817 g/mol. The van der Waals surface area contributed by atoms with Crippen molar-refractivity contribution < 1.29 is 28.6 Å². The van der Waals surface area contributed by atoms with Gasteiger partial charge < -0.3 is 14.2 Å². The highest BCUT2D eigenvalue weighted by Crippen LogP contribution is 2.14. The molecule has 1 unspecified atom stereocenters. The minimum Gasteiger partial charge on any atom is -0.462 e. The molecule has 0 spiro atoms. The van der Waals surface area contributed by atoms with Gasteiger partial charge in [-0.15, -0.1) is 0 Å². The summed E-state index contributed by atoms with van der Waals surface area (Å²) in [4.78, 5) is 38.1. The number of rotatable bonds is 49. The summed E-state index contributed by atoms with van der Waals surface area (Å²) >= 11 is 0. The van der Waals surface area contributed by atoms with Gasteiger partial charge in [-0.25, -0.2) is 0 Å². The molecule has 0 aromatic heterocycles. The minimum absolute atomic E-state index is 0.0949. The van der Waals surface area contributed by atoms with Crippen LogP contribution in [0.2, 0.25) is 0 Å². The molecule has 0 heterocycles. The third-order valence-electron chi connectivity index (χ3n) is 11.7. The zero-order chi connectivity index (χ0) is 47.9. The Morgan fingerprint density at radius 3 is 1.08 bits per heavy atom. The Morgan fingerprint density at radius 2 is 0.652 bits per heavy atom. The number of hydrogen-bond donors (Lipinski definition) is 0. The van der Waals surface area contributed by atoms with Gasteiger partial charge >= 0.3 is 17.9 Å². The summed E-state index contributed by atoms with van der Waals surface area (Å²) < 4.78 is 16.8. The maximum Gasteiger partial charge on any atom is 0.306 e. The summed E-state index contributed by atoms with van der Waals surface area (Å²) in [5, 5.41) is 0. The zero-order valence-electron chi connectivity index (χ0n) is 43.2. The maximum absolute atomic E-state index is 12.8. The smallest absolute Gasteiger partial charge is 0.306 e. The van der Waals surface area contributed by atoms with E-state index in [1.54, 1.807) is 0 Å². The van der Waals surface area contributed by atoms with Crippen molar-refractivity contribution in [3.63, 3.8) is 0 Å². The van der Waals surface area contributed by atoms with Crippen LogP contribution in [-0.4, -0.2) is 37.2 Å². The number of esters is 3. The molecule has 0 saturated heterocycles. The first kappa shape index (κ1) is 62.6. The highest BCUT2D eigenvalue weighted by molar-refractivity contribution is 5.71. The zero-order valence-corrected chi connectivity index (χ0v) is 43.2. The van der Waals surface area contributed by atoms with E-state index < -0.39 is 6.10 Å². The van der Waals surface area contributed by atoms with Crippen LogP contribution in [0.15, 0.2) is 85.1 Å². The third kappa shape index (κ3) is 51.6. The number of hydrogen-bond acceptors (Lipinski definition) is 6. The van der Waals surface area contributed by atoms with Gasteiger partial charge in [0.05, 0.1) is 0 Å². The summed E-state index contributed by atoms with van der Waals surface area (Å²) in [6, 6.07) is 0. The molecule has 0 amide bonds. The Hall–Kier alpha value is -3.41. The lowest BCUT2D eigenvalue weighted by atomic mass is 10.1. The van der Waals surface area contributed by atoms with Crippen molar-refractivity contribution in [3.05, 3.63) is 85.1 Å². The standard InChI is InChI=1S/C60H102O6/c1-4-7-10-13-16-19-22-25-27-29-31-32-35-38-41-44-47-50-53-59(62)65-56-57(55-64-58(61)52-49-46-43-40-37-34-24-21-18-15-12-9-6-3)66-60(63)54-51-48-45-42-39-36-33-30-28-26-23-20-17-14-11-8-5-2/h9,12,15,17-18,20-21,24,26-29,31-32,57H,4-8,10-11,13-14,16,19,22-23,25,30,33-56H2,1-3H3/b12-9+,18-15+,20-17+,24-21+,28-26+,29-27+,32-31+. The lowest BCUT2D eigenvalue weighted by molar-refractivity contribution is -0.167. The minimum atomic E-state index is -0.796. The van der Waals surface area contributed by atoms with E-state index in [9.17, 15) is 14.4 Å².